The first-order chi connectivity index (χ1) is 46.7. The lowest BCUT2D eigenvalue weighted by atomic mass is 9.95. The second kappa shape index (κ2) is 33.7. The van der Waals surface area contributed by atoms with E-state index in [0.29, 0.717) is 10.5 Å². The summed E-state index contributed by atoms with van der Waals surface area (Å²) in [5.41, 5.74) is 0.412. The van der Waals surface area contributed by atoms with E-state index in [1.54, 1.807) is 0 Å². The van der Waals surface area contributed by atoms with Gasteiger partial charge in [-0.2, -0.15) is 0 Å². The number of thioether (sulfide) groups is 1. The van der Waals surface area contributed by atoms with Crippen molar-refractivity contribution in [3.8, 4) is 0 Å². The van der Waals surface area contributed by atoms with Crippen LogP contribution in [0.1, 0.15) is 5.56 Å². The predicted octanol–water partition coefficient (Wildman–Crippen LogP) is -15.0. The average molecular weight is 1450 g/mol. The van der Waals surface area contributed by atoms with Crippen molar-refractivity contribution >= 4 is 17.7 Å². The van der Waals surface area contributed by atoms with Crippen LogP contribution in [0.2, 0.25) is 0 Å². The summed E-state index contributed by atoms with van der Waals surface area (Å²) < 4.78 is 93.0. The maximum absolute atomic E-state index is 11.9. The minimum atomic E-state index is -2.27. The summed E-state index contributed by atoms with van der Waals surface area (Å²) in [4.78, 5) is 11.9. The molecule has 40 atom stereocenters. The molecule has 30 heterocycles. The molecule has 0 amide bonds. The lowest BCUT2D eigenvalue weighted by molar-refractivity contribution is -0.403. The second-order valence-electron chi connectivity index (χ2n) is 24.8. The Hall–Kier alpha value is -2.52. The summed E-state index contributed by atoms with van der Waals surface area (Å²) >= 11 is 0.999. The van der Waals surface area contributed by atoms with Crippen molar-refractivity contribution in [3.05, 3.63) is 29.8 Å². The van der Waals surface area contributed by atoms with Gasteiger partial charge in [0.25, 0.3) is 0 Å². The molecular formula is C56H86O41S. The van der Waals surface area contributed by atoms with Gasteiger partial charge in [-0.3, -0.25) is 4.79 Å². The van der Waals surface area contributed by atoms with Gasteiger partial charge in [0.1, 0.15) is 189 Å². The van der Waals surface area contributed by atoms with Crippen molar-refractivity contribution in [3.63, 3.8) is 0 Å². The number of aliphatic carboxylic acids is 1. The fourth-order valence-corrected chi connectivity index (χ4v) is 13.9. The van der Waals surface area contributed by atoms with Gasteiger partial charge in [-0.1, -0.05) is 12.1 Å². The number of benzene rings is 1. The van der Waals surface area contributed by atoms with Gasteiger partial charge in [-0.05, 0) is 17.7 Å². The molecule has 1 aromatic rings. The van der Waals surface area contributed by atoms with E-state index >= 15 is 0 Å². The summed E-state index contributed by atoms with van der Waals surface area (Å²) in [7, 11) is 0. The normalized spacial score (nSPS) is 50.8. The summed E-state index contributed by atoms with van der Waals surface area (Å²) in [6, 6.07) is 6.08. The standard InChI is InChI=1S/C56H86O41S/c57-6-16-41-25(66)33(74)49(82-16)91-42-17(7-58)84-51(35(76)27(42)68)93-44-19(9-60)86-53(37(78)29(44)70)95-46-21(11-62)88-55(39(80)31(46)72)97-48-23(13-98-15-3-1-14(2-4-15)5-24(64)65)89-56(40(81)32(48)73)96-47-22(12-63)87-54(38(79)30(47)71)94-45-20(10-61)85-52(36(77)28(45)69)92-43-18(8-59)83-50(90-41)34(75)26(43)67/h1-4,16-23,25-63,66-81H,5-13H2,(H,64,65)/t16-,17-,18-,19-,20-,21-,22-,23-,25-,26-,27+,28-,29-,30-,31+,32-,33-,34-,35+,36-,37-,38-,39-,40-,41-,42-,43-,44-,45-,46-,47-,48-,49-,50-,51-,52-,53-,54-,55-,56-/m1/s1. The number of ether oxygens (including phenoxy) is 16. The first kappa shape index (κ1) is 78.1. The number of carbonyl (C=O) groups is 1. The van der Waals surface area contributed by atoms with Crippen LogP contribution in [0.4, 0.5) is 0 Å². The number of aliphatic hydroxyl groups is 23. The quantitative estimate of drug-likeness (QED) is 0.0864. The summed E-state index contributed by atoms with van der Waals surface area (Å²) in [5, 5.41) is 268. The van der Waals surface area contributed by atoms with E-state index in [2.05, 4.69) is 0 Å². The molecule has 30 fully saturated rings. The molecule has 16 bridgehead atoms. The zero-order valence-corrected chi connectivity index (χ0v) is 52.2. The van der Waals surface area contributed by atoms with Crippen LogP contribution in [0.25, 0.3) is 0 Å². The van der Waals surface area contributed by atoms with Crippen LogP contribution >= 0.6 is 11.8 Å². The molecule has 42 heteroatoms. The van der Waals surface area contributed by atoms with E-state index in [1.807, 2.05) is 0 Å². The molecule has 30 aliphatic heterocycles. The number of hydrogen-bond acceptors (Lipinski definition) is 41. The van der Waals surface area contributed by atoms with Gasteiger partial charge in [-0.15, -0.1) is 11.8 Å². The number of hydrogen-bond donors (Lipinski definition) is 24. The van der Waals surface area contributed by atoms with Gasteiger partial charge >= 0.3 is 5.97 Å². The van der Waals surface area contributed by atoms with E-state index in [1.165, 1.54) is 24.3 Å². The van der Waals surface area contributed by atoms with E-state index in [-0.39, 0.29) is 12.2 Å². The van der Waals surface area contributed by atoms with E-state index in [0.717, 1.165) is 11.8 Å². The van der Waals surface area contributed by atoms with Crippen molar-refractivity contribution in [1.82, 2.24) is 0 Å². The third-order valence-electron chi connectivity index (χ3n) is 18.4. The molecule has 0 aromatic heterocycles. The van der Waals surface area contributed by atoms with Crippen molar-refractivity contribution in [2.75, 3.05) is 52.0 Å². The third kappa shape index (κ3) is 16.2. The van der Waals surface area contributed by atoms with Crippen molar-refractivity contribution in [1.29, 1.82) is 0 Å². The molecule has 30 saturated heterocycles. The number of rotatable bonds is 12. The molecule has 41 nitrogen and oxygen atoms in total. The number of aliphatic hydroxyl groups excluding tert-OH is 23. The molecule has 0 spiro atoms. The molecule has 0 unspecified atom stereocenters. The lowest BCUT2D eigenvalue weighted by Gasteiger charge is -2.50. The highest BCUT2D eigenvalue weighted by atomic mass is 32.2. The van der Waals surface area contributed by atoms with Crippen LogP contribution < -0.4 is 0 Å². The highest BCUT2D eigenvalue weighted by molar-refractivity contribution is 7.99. The van der Waals surface area contributed by atoms with Crippen LogP contribution in [-0.2, 0) is 87.0 Å². The van der Waals surface area contributed by atoms with Gasteiger partial charge in [0.15, 0.2) is 50.3 Å². The number of carboxylic acid groups (broad SMARTS) is 1. The zero-order chi connectivity index (χ0) is 71.0. The first-order valence-corrected chi connectivity index (χ1v) is 32.3. The predicted molar refractivity (Wildman–Crippen MR) is 302 cm³/mol. The summed E-state index contributed by atoms with van der Waals surface area (Å²) in [6.45, 7) is -7.62. The topological polar surface area (TPSA) is 650 Å². The Morgan fingerprint density at radius 3 is 0.612 bits per heavy atom. The highest BCUT2D eigenvalue weighted by Crippen LogP contribution is 2.41. The fraction of sp³-hybridized carbons (Fsp3) is 0.875. The van der Waals surface area contributed by atoms with Crippen LogP contribution in [-0.4, -0.2) is 426 Å². The monoisotopic (exact) mass is 1450 g/mol. The van der Waals surface area contributed by atoms with Gasteiger partial charge in [0.2, 0.25) is 0 Å². The SMILES string of the molecule is O=C(O)Cc1ccc(SC[C@H]2O[C@@H]3O[C@H]4[C@H](O)[C@@H](O)[C@@H](O[C@H]5[C@H](O)[C@@H](O)[C@@H](O[C@H]6[C@H](O)[C@@H](O)[C@@H](O[C@H]7[C@H](O)[C@@H](O)[C@@H](O[C@H]8[C@@H](O)[C@H](O)[C@@H](O[C@H]9[C@H](O)[C@@H](O)[C@@H](O[C@H]%10[C@@H](O)[C@@H](O)[C@@H](O[C@H]2[C@H](O)[C@H]3O)O[C@@H]%10CO)O[C@@H]9CO)O[C@@H]8CO)O[C@@H]7CO)O[C@@H]6CO)O[C@@H]5CO)O[C@@H]4CO)cc1. The molecule has 31 rings (SSSR count). The largest absolute Gasteiger partial charge is 0.481 e. The minimum absolute atomic E-state index is 0.290. The average Bonchev–Trinajstić information content (AvgIpc) is 0.794. The van der Waals surface area contributed by atoms with Gasteiger partial charge in [0, 0.05) is 10.6 Å². The van der Waals surface area contributed by atoms with Crippen LogP contribution in [0.5, 0.6) is 0 Å². The molecule has 1 aromatic carbocycles. The fourth-order valence-electron chi connectivity index (χ4n) is 12.9. The molecule has 24 N–H and O–H groups in total. The maximum atomic E-state index is 11.9. The minimum Gasteiger partial charge on any atom is -0.481 e. The Morgan fingerprint density at radius 1 is 0.265 bits per heavy atom. The zero-order valence-electron chi connectivity index (χ0n) is 51.3. The molecular weight excluding hydrogens is 1360 g/mol. The van der Waals surface area contributed by atoms with Crippen molar-refractivity contribution in [2.45, 2.75) is 257 Å². The van der Waals surface area contributed by atoms with E-state index in [9.17, 15) is 127 Å². The molecule has 0 radical (unpaired) electrons. The lowest BCUT2D eigenvalue weighted by Crippen LogP contribution is -2.69. The van der Waals surface area contributed by atoms with Gasteiger partial charge < -0.3 is 198 Å². The van der Waals surface area contributed by atoms with E-state index in [4.69, 9.17) is 75.8 Å². The third-order valence-corrected chi connectivity index (χ3v) is 19.5. The van der Waals surface area contributed by atoms with Crippen molar-refractivity contribution in [2.24, 2.45) is 0 Å². The maximum Gasteiger partial charge on any atom is 0.307 e. The van der Waals surface area contributed by atoms with Gasteiger partial charge in [-0.25, -0.2) is 0 Å². The molecule has 0 aliphatic carbocycles. The molecule has 98 heavy (non-hydrogen) atoms. The Morgan fingerprint density at radius 2 is 0.439 bits per heavy atom. The Balaban J connectivity index is 0.930. The van der Waals surface area contributed by atoms with E-state index < -0.39 is 298 Å². The number of carboxylic acids is 1. The van der Waals surface area contributed by atoms with Crippen molar-refractivity contribution < 1.29 is 203 Å². The van der Waals surface area contributed by atoms with Crippen LogP contribution in [0, 0.1) is 0 Å². The molecule has 0 saturated carbocycles. The highest BCUT2D eigenvalue weighted by Gasteiger charge is 2.60. The van der Waals surface area contributed by atoms with Gasteiger partial charge in [0.05, 0.1) is 58.8 Å². The smallest absolute Gasteiger partial charge is 0.307 e. The Labute approximate surface area is 558 Å². The summed E-state index contributed by atoms with van der Waals surface area (Å²) in [5.74, 6) is -1.41. The second-order valence-corrected chi connectivity index (χ2v) is 25.9. The molecule has 562 valence electrons. The Kier molecular flexibility index (Phi) is 26.9. The van der Waals surface area contributed by atoms with Crippen LogP contribution in [0.3, 0.4) is 0 Å². The summed E-state index contributed by atoms with van der Waals surface area (Å²) in [6.07, 6.45) is -82.4. The van der Waals surface area contributed by atoms with Crippen LogP contribution in [0.15, 0.2) is 29.2 Å². The Bertz CT molecular complexity index is 2630. The first-order valence-electron chi connectivity index (χ1n) is 31.3. The molecule has 30 aliphatic rings.